The molecule has 0 aromatic heterocycles. The Kier molecular flexibility index (Phi) is 5.19. The van der Waals surface area contributed by atoms with Gasteiger partial charge >= 0.3 is 6.03 Å². The van der Waals surface area contributed by atoms with E-state index in [9.17, 15) is 9.90 Å². The van der Waals surface area contributed by atoms with Gasteiger partial charge in [-0.25, -0.2) is 4.79 Å². The summed E-state index contributed by atoms with van der Waals surface area (Å²) in [5.41, 5.74) is 0.153. The minimum absolute atomic E-state index is 0.424. The van der Waals surface area contributed by atoms with Gasteiger partial charge in [0.1, 0.15) is 17.5 Å². The van der Waals surface area contributed by atoms with Gasteiger partial charge in [0.05, 0.1) is 17.7 Å². The molecule has 0 bridgehead atoms. The molecule has 1 aromatic carbocycles. The van der Waals surface area contributed by atoms with Gasteiger partial charge in [0.25, 0.3) is 0 Å². The fourth-order valence-corrected chi connectivity index (χ4v) is 2.75. The number of nitriles is 1. The molecule has 1 aliphatic heterocycles. The fraction of sp³-hybridized carbons (Fsp3) is 0.375. The first-order valence-electron chi connectivity index (χ1n) is 7.09. The Morgan fingerprint density at radius 1 is 1.61 bits per heavy atom. The predicted molar refractivity (Wildman–Crippen MR) is 88.9 cm³/mol. The molecule has 3 N–H and O–H groups in total. The van der Waals surface area contributed by atoms with Crippen molar-refractivity contribution in [2.45, 2.75) is 31.6 Å². The summed E-state index contributed by atoms with van der Waals surface area (Å²) >= 11 is 1.19. The zero-order valence-corrected chi connectivity index (χ0v) is 13.8. The molecule has 0 aliphatic carbocycles. The molecule has 2 amide bonds. The van der Waals surface area contributed by atoms with Crippen LogP contribution in [0, 0.1) is 11.3 Å². The number of rotatable bonds is 4. The molecule has 1 aliphatic rings. The summed E-state index contributed by atoms with van der Waals surface area (Å²) in [5.74, 6) is 1.12. The number of nitrogens with one attached hydrogen (secondary N) is 2. The van der Waals surface area contributed by atoms with E-state index in [0.717, 1.165) is 0 Å². The summed E-state index contributed by atoms with van der Waals surface area (Å²) < 4.78 is 8.41. The van der Waals surface area contributed by atoms with E-state index >= 15 is 0 Å². The standard InChI is InChI=1S/C16H19N3O3S/c1-4-7-23-19-15(21)18-13-11-8-10(9-17)5-6-12(11)22-16(2,3)14(13)20/h4-6,8,13-14,20H,1,7H2,2-3H3,(H2,18,19,21). The molecule has 0 spiro atoms. The summed E-state index contributed by atoms with van der Waals surface area (Å²) in [6.45, 7) is 7.07. The summed E-state index contributed by atoms with van der Waals surface area (Å²) in [7, 11) is 0. The van der Waals surface area contributed by atoms with Crippen LogP contribution in [0.3, 0.4) is 0 Å². The number of benzene rings is 1. The molecule has 0 radical (unpaired) electrons. The van der Waals surface area contributed by atoms with Gasteiger partial charge in [0, 0.05) is 11.3 Å². The second-order valence-electron chi connectivity index (χ2n) is 5.67. The van der Waals surface area contributed by atoms with Crippen molar-refractivity contribution < 1.29 is 14.6 Å². The van der Waals surface area contributed by atoms with Crippen LogP contribution in [0.15, 0.2) is 30.9 Å². The van der Waals surface area contributed by atoms with E-state index in [0.29, 0.717) is 22.6 Å². The number of amides is 2. The monoisotopic (exact) mass is 333 g/mol. The van der Waals surface area contributed by atoms with Gasteiger partial charge in [-0.2, -0.15) is 5.26 Å². The van der Waals surface area contributed by atoms with Crippen LogP contribution in [0.4, 0.5) is 4.79 Å². The first kappa shape index (κ1) is 17.2. The number of carbonyl (C=O) groups is 1. The molecule has 2 unspecified atom stereocenters. The lowest BCUT2D eigenvalue weighted by Gasteiger charge is -2.42. The molecule has 2 atom stereocenters. The van der Waals surface area contributed by atoms with Gasteiger partial charge in [-0.3, -0.25) is 4.72 Å². The first-order chi connectivity index (χ1) is 10.9. The van der Waals surface area contributed by atoms with Crippen LogP contribution in [0.25, 0.3) is 0 Å². The van der Waals surface area contributed by atoms with Crippen molar-refractivity contribution in [2.24, 2.45) is 0 Å². The lowest BCUT2D eigenvalue weighted by atomic mass is 9.86. The maximum absolute atomic E-state index is 12.0. The highest BCUT2D eigenvalue weighted by molar-refractivity contribution is 7.98. The molecular formula is C16H19N3O3S. The minimum Gasteiger partial charge on any atom is -0.485 e. The van der Waals surface area contributed by atoms with Crippen molar-refractivity contribution in [2.75, 3.05) is 5.75 Å². The topological polar surface area (TPSA) is 94.4 Å². The average molecular weight is 333 g/mol. The van der Waals surface area contributed by atoms with Crippen molar-refractivity contribution in [1.29, 1.82) is 5.26 Å². The molecular weight excluding hydrogens is 314 g/mol. The second kappa shape index (κ2) is 6.94. The van der Waals surface area contributed by atoms with Crippen LogP contribution in [0.5, 0.6) is 5.75 Å². The van der Waals surface area contributed by atoms with Gasteiger partial charge in [-0.15, -0.1) is 6.58 Å². The maximum Gasteiger partial charge on any atom is 0.325 e. The molecule has 23 heavy (non-hydrogen) atoms. The van der Waals surface area contributed by atoms with E-state index in [4.69, 9.17) is 10.00 Å². The number of aliphatic hydroxyl groups is 1. The van der Waals surface area contributed by atoms with Gasteiger partial charge < -0.3 is 15.2 Å². The lowest BCUT2D eigenvalue weighted by molar-refractivity contribution is -0.0620. The maximum atomic E-state index is 12.0. The number of urea groups is 1. The Morgan fingerprint density at radius 3 is 3.00 bits per heavy atom. The van der Waals surface area contributed by atoms with Crippen LogP contribution in [0.2, 0.25) is 0 Å². The molecule has 0 fully saturated rings. The Morgan fingerprint density at radius 2 is 2.35 bits per heavy atom. The molecule has 7 heteroatoms. The highest BCUT2D eigenvalue weighted by Gasteiger charge is 2.43. The summed E-state index contributed by atoms with van der Waals surface area (Å²) in [6.07, 6.45) is 0.713. The van der Waals surface area contributed by atoms with Gasteiger partial charge in [0.15, 0.2) is 0 Å². The van der Waals surface area contributed by atoms with E-state index in [-0.39, 0.29) is 0 Å². The smallest absolute Gasteiger partial charge is 0.325 e. The van der Waals surface area contributed by atoms with Crippen molar-refractivity contribution in [1.82, 2.24) is 10.0 Å². The minimum atomic E-state index is -0.959. The van der Waals surface area contributed by atoms with Crippen LogP contribution in [0.1, 0.15) is 31.0 Å². The van der Waals surface area contributed by atoms with E-state index in [1.165, 1.54) is 11.9 Å². The van der Waals surface area contributed by atoms with E-state index in [2.05, 4.69) is 16.6 Å². The number of ether oxygens (including phenoxy) is 1. The Hall–Kier alpha value is -2.17. The number of aliphatic hydroxyl groups excluding tert-OH is 1. The fourth-order valence-electron chi connectivity index (χ4n) is 2.36. The third-order valence-electron chi connectivity index (χ3n) is 3.53. The molecule has 2 rings (SSSR count). The Labute approximate surface area is 139 Å². The van der Waals surface area contributed by atoms with Crippen molar-refractivity contribution in [3.05, 3.63) is 42.0 Å². The molecule has 122 valence electrons. The third kappa shape index (κ3) is 3.78. The highest BCUT2D eigenvalue weighted by Crippen LogP contribution is 2.40. The zero-order chi connectivity index (χ0) is 17.0. The van der Waals surface area contributed by atoms with Gasteiger partial charge in [-0.05, 0) is 44.0 Å². The van der Waals surface area contributed by atoms with Crippen LogP contribution in [-0.4, -0.2) is 28.6 Å². The number of fused-ring (bicyclic) bond motifs is 1. The normalized spacial score (nSPS) is 21.3. The van der Waals surface area contributed by atoms with Gasteiger partial charge in [-0.1, -0.05) is 6.08 Å². The van der Waals surface area contributed by atoms with E-state index < -0.39 is 23.8 Å². The van der Waals surface area contributed by atoms with Crippen LogP contribution >= 0.6 is 11.9 Å². The molecule has 0 saturated heterocycles. The SMILES string of the molecule is C=CCSNC(=O)NC1c2cc(C#N)ccc2OC(C)(C)C1O. The number of hydrogen-bond acceptors (Lipinski definition) is 5. The lowest BCUT2D eigenvalue weighted by Crippen LogP contribution is -2.54. The summed E-state index contributed by atoms with van der Waals surface area (Å²) in [4.78, 5) is 12.0. The summed E-state index contributed by atoms with van der Waals surface area (Å²) in [5, 5.41) is 22.4. The predicted octanol–water partition coefficient (Wildman–Crippen LogP) is 2.26. The largest absolute Gasteiger partial charge is 0.485 e. The van der Waals surface area contributed by atoms with Gasteiger partial charge in [0.2, 0.25) is 0 Å². The molecule has 6 nitrogen and oxygen atoms in total. The third-order valence-corrected chi connectivity index (χ3v) is 4.26. The highest BCUT2D eigenvalue weighted by atomic mass is 32.2. The number of nitrogens with zero attached hydrogens (tertiary/aromatic N) is 1. The van der Waals surface area contributed by atoms with Crippen LogP contribution in [-0.2, 0) is 0 Å². The van der Waals surface area contributed by atoms with Crippen molar-refractivity contribution >= 4 is 18.0 Å². The second-order valence-corrected chi connectivity index (χ2v) is 6.49. The first-order valence-corrected chi connectivity index (χ1v) is 8.08. The molecule has 1 heterocycles. The Bertz CT molecular complexity index is 654. The van der Waals surface area contributed by atoms with E-state index in [1.54, 1.807) is 38.1 Å². The van der Waals surface area contributed by atoms with Crippen LogP contribution < -0.4 is 14.8 Å². The average Bonchev–Trinajstić information content (AvgIpc) is 2.51. The zero-order valence-electron chi connectivity index (χ0n) is 13.0. The van der Waals surface area contributed by atoms with E-state index in [1.807, 2.05) is 6.07 Å². The van der Waals surface area contributed by atoms with Crippen molar-refractivity contribution in [3.63, 3.8) is 0 Å². The summed E-state index contributed by atoms with van der Waals surface area (Å²) in [6, 6.07) is 5.89. The molecule has 1 aromatic rings. The number of carbonyl (C=O) groups excluding carboxylic acids is 1. The van der Waals surface area contributed by atoms with Crippen molar-refractivity contribution in [3.8, 4) is 11.8 Å². The Balaban J connectivity index is 2.27. The molecule has 0 saturated carbocycles. The number of hydrogen-bond donors (Lipinski definition) is 3. The quantitative estimate of drug-likeness (QED) is 0.446.